The van der Waals surface area contributed by atoms with Gasteiger partial charge in [-0.2, -0.15) is 0 Å². The van der Waals surface area contributed by atoms with Crippen LogP contribution in [-0.4, -0.2) is 10.9 Å². The first-order valence-electron chi connectivity index (χ1n) is 6.56. The van der Waals surface area contributed by atoms with Gasteiger partial charge in [-0.1, -0.05) is 35.9 Å². The number of anilines is 1. The molecule has 0 saturated heterocycles. The number of carbonyl (C=O) groups is 1. The maximum absolute atomic E-state index is 12.5. The zero-order chi connectivity index (χ0) is 14.8. The number of rotatable bonds is 2. The number of aryl methyl sites for hydroxylation is 1. The maximum atomic E-state index is 12.5. The van der Waals surface area contributed by atoms with Crippen LogP contribution in [0.5, 0.6) is 0 Å². The number of fused-ring (bicyclic) bond motifs is 1. The van der Waals surface area contributed by atoms with E-state index in [-0.39, 0.29) is 5.91 Å². The molecule has 4 heteroatoms. The van der Waals surface area contributed by atoms with Crippen molar-refractivity contribution in [1.29, 1.82) is 0 Å². The summed E-state index contributed by atoms with van der Waals surface area (Å²) in [4.78, 5) is 16.8. The Morgan fingerprint density at radius 3 is 2.81 bits per heavy atom. The highest BCUT2D eigenvalue weighted by molar-refractivity contribution is 6.31. The number of hydrogen-bond acceptors (Lipinski definition) is 2. The van der Waals surface area contributed by atoms with E-state index in [1.807, 2.05) is 37.3 Å². The van der Waals surface area contributed by atoms with E-state index in [0.29, 0.717) is 16.3 Å². The molecule has 0 bridgehead atoms. The van der Waals surface area contributed by atoms with Crippen molar-refractivity contribution in [3.05, 3.63) is 70.9 Å². The fourth-order valence-corrected chi connectivity index (χ4v) is 2.38. The first kappa shape index (κ1) is 13.6. The van der Waals surface area contributed by atoms with E-state index in [0.717, 1.165) is 16.5 Å². The fourth-order valence-electron chi connectivity index (χ4n) is 2.21. The predicted molar refractivity (Wildman–Crippen MR) is 85.9 cm³/mol. The van der Waals surface area contributed by atoms with Gasteiger partial charge in [0.1, 0.15) is 0 Å². The van der Waals surface area contributed by atoms with Crippen LogP contribution in [0.25, 0.3) is 10.9 Å². The van der Waals surface area contributed by atoms with Gasteiger partial charge in [0.15, 0.2) is 0 Å². The molecule has 0 spiro atoms. The van der Waals surface area contributed by atoms with Gasteiger partial charge in [-0.05, 0) is 36.8 Å². The highest BCUT2D eigenvalue weighted by atomic mass is 35.5. The summed E-state index contributed by atoms with van der Waals surface area (Å²) in [6.07, 6.45) is 1.64. The van der Waals surface area contributed by atoms with Crippen LogP contribution in [0.3, 0.4) is 0 Å². The molecule has 3 nitrogen and oxygen atoms in total. The van der Waals surface area contributed by atoms with Crippen molar-refractivity contribution in [1.82, 2.24) is 4.98 Å². The maximum Gasteiger partial charge on any atom is 0.256 e. The first-order chi connectivity index (χ1) is 10.1. The summed E-state index contributed by atoms with van der Waals surface area (Å²) in [6, 6.07) is 14.7. The monoisotopic (exact) mass is 296 g/mol. The minimum absolute atomic E-state index is 0.168. The molecule has 1 amide bonds. The second-order valence-electron chi connectivity index (χ2n) is 4.79. The highest BCUT2D eigenvalue weighted by Gasteiger charge is 2.11. The van der Waals surface area contributed by atoms with Crippen molar-refractivity contribution in [3.63, 3.8) is 0 Å². The molecule has 0 atom stereocenters. The third-order valence-electron chi connectivity index (χ3n) is 3.34. The molecule has 3 aromatic rings. The van der Waals surface area contributed by atoms with Crippen LogP contribution < -0.4 is 5.32 Å². The summed E-state index contributed by atoms with van der Waals surface area (Å²) in [5.74, 6) is -0.168. The largest absolute Gasteiger partial charge is 0.322 e. The third-order valence-corrected chi connectivity index (χ3v) is 3.58. The van der Waals surface area contributed by atoms with Crippen molar-refractivity contribution in [2.75, 3.05) is 5.32 Å². The number of nitrogens with one attached hydrogen (secondary N) is 1. The second kappa shape index (κ2) is 5.54. The van der Waals surface area contributed by atoms with Gasteiger partial charge in [-0.3, -0.25) is 9.78 Å². The standard InChI is InChI=1S/C17H13ClN2O/c1-11-6-7-12(18)10-16(11)20-17(21)14-8-9-19-15-5-3-2-4-13(14)15/h2-10H,1H3,(H,20,21). The van der Waals surface area contributed by atoms with Gasteiger partial charge in [-0.15, -0.1) is 0 Å². The molecule has 0 aliphatic rings. The number of nitrogens with zero attached hydrogens (tertiary/aromatic N) is 1. The smallest absolute Gasteiger partial charge is 0.256 e. The lowest BCUT2D eigenvalue weighted by molar-refractivity contribution is 0.102. The Labute approximate surface area is 127 Å². The molecule has 21 heavy (non-hydrogen) atoms. The predicted octanol–water partition coefficient (Wildman–Crippen LogP) is 4.45. The number of para-hydroxylation sites is 1. The van der Waals surface area contributed by atoms with Gasteiger partial charge < -0.3 is 5.32 Å². The fraction of sp³-hybridized carbons (Fsp3) is 0.0588. The van der Waals surface area contributed by atoms with Gasteiger partial charge in [-0.25, -0.2) is 0 Å². The summed E-state index contributed by atoms with van der Waals surface area (Å²) in [7, 11) is 0. The van der Waals surface area contributed by atoms with Gasteiger partial charge in [0.25, 0.3) is 5.91 Å². The van der Waals surface area contributed by atoms with E-state index < -0.39 is 0 Å². The molecule has 1 N–H and O–H groups in total. The third kappa shape index (κ3) is 2.73. The van der Waals surface area contributed by atoms with E-state index >= 15 is 0 Å². The lowest BCUT2D eigenvalue weighted by Crippen LogP contribution is -2.13. The minimum Gasteiger partial charge on any atom is -0.322 e. The van der Waals surface area contributed by atoms with Crippen LogP contribution in [-0.2, 0) is 0 Å². The van der Waals surface area contributed by atoms with Crippen LogP contribution in [0.4, 0.5) is 5.69 Å². The van der Waals surface area contributed by atoms with Gasteiger partial charge in [0.05, 0.1) is 11.1 Å². The summed E-state index contributed by atoms with van der Waals surface area (Å²) >= 11 is 5.98. The number of carbonyl (C=O) groups excluding carboxylic acids is 1. The van der Waals surface area contributed by atoms with Gasteiger partial charge >= 0.3 is 0 Å². The van der Waals surface area contributed by atoms with Crippen LogP contribution in [0.2, 0.25) is 5.02 Å². The van der Waals surface area contributed by atoms with E-state index in [2.05, 4.69) is 10.3 Å². The summed E-state index contributed by atoms with van der Waals surface area (Å²) in [6.45, 7) is 1.93. The Bertz CT molecular complexity index is 825. The average molecular weight is 297 g/mol. The minimum atomic E-state index is -0.168. The van der Waals surface area contributed by atoms with Gasteiger partial charge in [0.2, 0.25) is 0 Å². The normalized spacial score (nSPS) is 10.6. The first-order valence-corrected chi connectivity index (χ1v) is 6.94. The highest BCUT2D eigenvalue weighted by Crippen LogP contribution is 2.22. The Hall–Kier alpha value is -2.39. The lowest BCUT2D eigenvalue weighted by atomic mass is 10.1. The molecule has 3 rings (SSSR count). The quantitative estimate of drug-likeness (QED) is 0.759. The van der Waals surface area contributed by atoms with Crippen LogP contribution in [0, 0.1) is 6.92 Å². The summed E-state index contributed by atoms with van der Waals surface area (Å²) < 4.78 is 0. The van der Waals surface area contributed by atoms with Crippen molar-refractivity contribution >= 4 is 34.1 Å². The molecule has 1 heterocycles. The van der Waals surface area contributed by atoms with Crippen LogP contribution in [0.1, 0.15) is 15.9 Å². The van der Waals surface area contributed by atoms with Crippen molar-refractivity contribution in [2.24, 2.45) is 0 Å². The van der Waals surface area contributed by atoms with Crippen molar-refractivity contribution in [2.45, 2.75) is 6.92 Å². The Kier molecular flexibility index (Phi) is 3.59. The Balaban J connectivity index is 1.99. The molecular weight excluding hydrogens is 284 g/mol. The molecule has 0 aliphatic heterocycles. The topological polar surface area (TPSA) is 42.0 Å². The number of hydrogen-bond donors (Lipinski definition) is 1. The number of aromatic nitrogens is 1. The van der Waals surface area contributed by atoms with Crippen molar-refractivity contribution in [3.8, 4) is 0 Å². The van der Waals surface area contributed by atoms with Crippen molar-refractivity contribution < 1.29 is 4.79 Å². The molecule has 2 aromatic carbocycles. The molecule has 0 aliphatic carbocycles. The molecule has 0 fully saturated rings. The molecule has 0 saturated carbocycles. The molecular formula is C17H13ClN2O. The Morgan fingerprint density at radius 1 is 1.14 bits per heavy atom. The van der Waals surface area contributed by atoms with Crippen LogP contribution in [0.15, 0.2) is 54.7 Å². The van der Waals surface area contributed by atoms with E-state index in [1.54, 1.807) is 24.4 Å². The van der Waals surface area contributed by atoms with E-state index in [1.165, 1.54) is 0 Å². The zero-order valence-corrected chi connectivity index (χ0v) is 12.2. The van der Waals surface area contributed by atoms with Crippen LogP contribution >= 0.6 is 11.6 Å². The summed E-state index contributed by atoms with van der Waals surface area (Å²) in [5.41, 5.74) is 3.08. The summed E-state index contributed by atoms with van der Waals surface area (Å²) in [5, 5.41) is 4.33. The number of halogens is 1. The lowest BCUT2D eigenvalue weighted by Gasteiger charge is -2.10. The second-order valence-corrected chi connectivity index (χ2v) is 5.23. The molecule has 104 valence electrons. The molecule has 0 radical (unpaired) electrons. The number of benzene rings is 2. The molecule has 0 unspecified atom stereocenters. The van der Waals surface area contributed by atoms with E-state index in [9.17, 15) is 4.79 Å². The van der Waals surface area contributed by atoms with Gasteiger partial charge in [0, 0.05) is 22.3 Å². The molecule has 1 aromatic heterocycles. The number of pyridine rings is 1. The number of amides is 1. The Morgan fingerprint density at radius 2 is 1.95 bits per heavy atom. The SMILES string of the molecule is Cc1ccc(Cl)cc1NC(=O)c1ccnc2ccccc12. The van der Waals surface area contributed by atoms with E-state index in [4.69, 9.17) is 11.6 Å². The zero-order valence-electron chi connectivity index (χ0n) is 11.4. The average Bonchev–Trinajstić information content (AvgIpc) is 2.50.